The fourth-order valence-electron chi connectivity index (χ4n) is 8.03. The van der Waals surface area contributed by atoms with Crippen LogP contribution < -0.4 is 78.1 Å². The zero-order valence-corrected chi connectivity index (χ0v) is 51.3. The minimum atomic E-state index is -5.05. The molecule has 0 aromatic heterocycles. The number of rotatable bonds is 16. The van der Waals surface area contributed by atoms with Crippen LogP contribution in [-0.2, 0) is 50.1 Å². The Bertz CT molecular complexity index is 4160. The quantitative estimate of drug-likeness (QED) is 0.0268. The summed E-state index contributed by atoms with van der Waals surface area (Å²) < 4.78 is 134. The molecule has 0 bridgehead atoms. The van der Waals surface area contributed by atoms with E-state index in [0.29, 0.717) is 45.8 Å². The van der Waals surface area contributed by atoms with Gasteiger partial charge in [-0.15, -0.1) is 0 Å². The summed E-state index contributed by atoms with van der Waals surface area (Å²) in [6.07, 6.45) is 0. The fourth-order valence-corrected chi connectivity index (χ4v) is 11.7. The number of carbonyl (C=O) groups is 2. The van der Waals surface area contributed by atoms with Crippen LogP contribution in [0.1, 0.15) is 22.3 Å². The van der Waals surface area contributed by atoms with Gasteiger partial charge in [-0.05, 0) is 168 Å². The van der Waals surface area contributed by atoms with Crippen molar-refractivity contribution >= 4 is 85.2 Å². The Morgan fingerprint density at radius 3 is 1.12 bits per heavy atom. The summed E-state index contributed by atoms with van der Waals surface area (Å²) in [4.78, 5) is 25.9. The second-order valence-corrected chi connectivity index (χ2v) is 23.3. The minimum absolute atomic E-state index is 0. The van der Waals surface area contributed by atoms with E-state index in [1.807, 2.05) is 12.1 Å². The number of anilines is 2. The van der Waals surface area contributed by atoms with Crippen molar-refractivity contribution in [2.45, 2.75) is 47.3 Å². The van der Waals surface area contributed by atoms with Gasteiger partial charge in [-0.3, -0.25) is 9.59 Å². The number of carbonyl (C=O) groups excluding carboxylic acids is 2. The number of fused-ring (bicyclic) bond motifs is 2. The van der Waals surface area contributed by atoms with Crippen molar-refractivity contribution in [3.05, 3.63) is 177 Å². The first-order valence-electron chi connectivity index (χ1n) is 23.0. The maximum Gasteiger partial charge on any atom is 1.00 e. The molecule has 412 valence electrons. The molecular weight excluding hydrogens is 1170 g/mol. The molecule has 0 aliphatic rings. The molecule has 0 fully saturated rings. The molecular formula is C52H42N8Na2O16S4. The predicted molar refractivity (Wildman–Crippen MR) is 291 cm³/mol. The molecule has 8 rings (SSSR count). The summed E-state index contributed by atoms with van der Waals surface area (Å²) in [5, 5.41) is 31.8. The van der Waals surface area contributed by atoms with Crippen molar-refractivity contribution in [2.75, 3.05) is 23.7 Å². The van der Waals surface area contributed by atoms with Crippen LogP contribution >= 0.6 is 0 Å². The second kappa shape index (κ2) is 26.8. The van der Waals surface area contributed by atoms with E-state index in [9.17, 15) is 62.6 Å². The number of benzene rings is 8. The third-order valence-electron chi connectivity index (χ3n) is 11.9. The van der Waals surface area contributed by atoms with Crippen molar-refractivity contribution in [1.29, 1.82) is 0 Å². The van der Waals surface area contributed by atoms with E-state index in [4.69, 9.17) is 19.4 Å². The zero-order chi connectivity index (χ0) is 58.5. The third kappa shape index (κ3) is 15.6. The van der Waals surface area contributed by atoms with Gasteiger partial charge in [-0.2, -0.15) is 16.8 Å². The Hall–Kier alpha value is -7.24. The summed E-state index contributed by atoms with van der Waals surface area (Å²) in [5.41, 5.74) is 23.0. The summed E-state index contributed by atoms with van der Waals surface area (Å²) >= 11 is 0. The number of nitrogens with zero attached hydrogens (tertiary/aromatic N) is 6. The average Bonchev–Trinajstić information content (AvgIpc) is 3.37. The normalized spacial score (nSPS) is 11.3. The van der Waals surface area contributed by atoms with Crippen molar-refractivity contribution in [2.24, 2.45) is 10.2 Å². The maximum atomic E-state index is 13.3. The van der Waals surface area contributed by atoms with Crippen LogP contribution in [0.15, 0.2) is 163 Å². The molecule has 24 nitrogen and oxygen atoms in total. The number of phenolic OH excluding ortho intramolecular Hbond substituents is 2. The molecule has 0 heterocycles. The van der Waals surface area contributed by atoms with Gasteiger partial charge in [0.2, 0.25) is 11.8 Å². The van der Waals surface area contributed by atoms with Crippen molar-refractivity contribution in [3.63, 3.8) is 0 Å². The van der Waals surface area contributed by atoms with Crippen LogP contribution in [-0.4, -0.2) is 77.9 Å². The van der Waals surface area contributed by atoms with Crippen LogP contribution in [0.4, 0.5) is 11.4 Å². The Kier molecular flexibility index (Phi) is 21.4. The van der Waals surface area contributed by atoms with Gasteiger partial charge < -0.3 is 38.3 Å². The monoisotopic (exact) mass is 1210 g/mol. The number of hydrogen-bond donors (Lipinski definition) is 4. The molecule has 0 saturated heterocycles. The van der Waals surface area contributed by atoms with E-state index >= 15 is 0 Å². The summed E-state index contributed by atoms with van der Waals surface area (Å²) in [6, 6.07) is 31.1. The SMILES string of the molecule is Cc1cc(-c2ccc(OS(=O)(=O)c3cc(S(=O)(=O)[O-])cc4c(O)cccc34)c(C)c2)ccc1NC(=O)CN=[N+]=[N-].Cc1cc(-c2ccc(OS(=O)(=O)c3cc(S(=O)(=O)[O-])cc4c(O)cccc34)c(C)c2)ccc1NC(=O)CN=[N+]=[N-].[Na+].[Na+]. The largest absolute Gasteiger partial charge is 1.00 e. The van der Waals surface area contributed by atoms with E-state index < -0.39 is 83.4 Å². The zero-order valence-electron chi connectivity index (χ0n) is 44.0. The summed E-state index contributed by atoms with van der Waals surface area (Å²) in [5.74, 6) is -1.81. The second-order valence-electron chi connectivity index (χ2n) is 17.5. The van der Waals surface area contributed by atoms with Crippen LogP contribution in [0, 0.1) is 27.7 Å². The molecule has 82 heavy (non-hydrogen) atoms. The summed E-state index contributed by atoms with van der Waals surface area (Å²) in [7, 11) is -19.4. The number of nitrogens with one attached hydrogen (secondary N) is 2. The molecule has 0 spiro atoms. The number of hydrogen-bond acceptors (Lipinski definition) is 18. The molecule has 0 radical (unpaired) electrons. The first kappa shape index (κ1) is 65.6. The first-order chi connectivity index (χ1) is 37.6. The molecule has 2 amide bonds. The maximum absolute atomic E-state index is 13.3. The van der Waals surface area contributed by atoms with Crippen LogP contribution in [0.5, 0.6) is 23.0 Å². The molecule has 4 N–H and O–H groups in total. The van der Waals surface area contributed by atoms with Gasteiger partial charge in [-0.25, -0.2) is 16.8 Å². The molecule has 8 aromatic rings. The van der Waals surface area contributed by atoms with Crippen molar-refractivity contribution in [3.8, 4) is 45.3 Å². The van der Waals surface area contributed by atoms with Crippen LogP contribution in [0.2, 0.25) is 0 Å². The Balaban J connectivity index is 0.000000293. The average molecular weight is 1210 g/mol. The Morgan fingerprint density at radius 1 is 0.488 bits per heavy atom. The molecule has 30 heteroatoms. The Labute approximate surface area is 513 Å². The van der Waals surface area contributed by atoms with Gasteiger partial charge in [0.1, 0.15) is 66.1 Å². The van der Waals surface area contributed by atoms with Gasteiger partial charge in [0.05, 0.1) is 9.79 Å². The van der Waals surface area contributed by atoms with Crippen LogP contribution in [0.3, 0.4) is 0 Å². The standard InChI is InChI=1S/2C26H22N4O8S2.2Na/c2*1-15-10-17(6-8-22(15)29-26(32)14-28-30-27)18-7-9-24(16(2)11-18)38-40(36,37)25-13-19(39(33,34)35)12-21-20(25)4-3-5-23(21)31;;/h2*3-13,31H,14H2,1-2H3,(H,29,32)(H,33,34,35);;/q;;2*+1/p-2. The number of phenols is 2. The van der Waals surface area contributed by atoms with E-state index in [-0.39, 0.29) is 105 Å². The molecule has 0 aliphatic carbocycles. The minimum Gasteiger partial charge on any atom is -0.744 e. The smallest absolute Gasteiger partial charge is 0.744 e. The summed E-state index contributed by atoms with van der Waals surface area (Å²) in [6.45, 7) is 6.12. The third-order valence-corrected chi connectivity index (χ3v) is 16.1. The topological polar surface area (TPSA) is 397 Å². The number of aryl methyl sites for hydroxylation is 4. The molecule has 0 atom stereocenters. The van der Waals surface area contributed by atoms with E-state index in [1.165, 1.54) is 48.5 Å². The van der Waals surface area contributed by atoms with Gasteiger partial charge in [-0.1, -0.05) is 58.8 Å². The molecule has 0 saturated carbocycles. The van der Waals surface area contributed by atoms with Gasteiger partial charge in [0.15, 0.2) is 0 Å². The van der Waals surface area contributed by atoms with Crippen molar-refractivity contribution in [1.82, 2.24) is 0 Å². The van der Waals surface area contributed by atoms with Crippen LogP contribution in [0.25, 0.3) is 64.7 Å². The van der Waals surface area contributed by atoms with E-state index in [2.05, 4.69) is 30.7 Å². The van der Waals surface area contributed by atoms with Gasteiger partial charge >= 0.3 is 79.4 Å². The molecule has 8 aromatic carbocycles. The number of amides is 2. The van der Waals surface area contributed by atoms with Gasteiger partial charge in [0, 0.05) is 42.7 Å². The molecule has 0 aliphatic heterocycles. The number of azide groups is 2. The predicted octanol–water partition coefficient (Wildman–Crippen LogP) is 3.51. The van der Waals surface area contributed by atoms with E-state index in [0.717, 1.165) is 34.4 Å². The first-order valence-corrected chi connectivity index (χ1v) is 28.6. The van der Waals surface area contributed by atoms with E-state index in [1.54, 1.807) is 76.2 Å². The Morgan fingerprint density at radius 2 is 0.817 bits per heavy atom. The van der Waals surface area contributed by atoms with Gasteiger partial charge in [0.25, 0.3) is 0 Å². The number of aromatic hydroxyl groups is 2. The van der Waals surface area contributed by atoms with Crippen molar-refractivity contribution < 1.29 is 130 Å². The molecule has 0 unspecified atom stereocenters. The fraction of sp³-hybridized carbons (Fsp3) is 0.115.